The van der Waals surface area contributed by atoms with E-state index in [1.54, 1.807) is 10.6 Å². The molecule has 0 amide bonds. The van der Waals surface area contributed by atoms with Crippen LogP contribution in [0.1, 0.15) is 22.5 Å². The average molecular weight is 495 g/mol. The van der Waals surface area contributed by atoms with Crippen LogP contribution < -0.4 is 11.1 Å². The Hall–Kier alpha value is -4.24. The second kappa shape index (κ2) is 8.46. The van der Waals surface area contributed by atoms with Gasteiger partial charge >= 0.3 is 0 Å². The van der Waals surface area contributed by atoms with Crippen molar-refractivity contribution in [2.45, 2.75) is 31.7 Å². The molecule has 0 spiro atoms. The van der Waals surface area contributed by atoms with E-state index in [1.807, 2.05) is 79.8 Å². The molecule has 0 radical (unpaired) electrons. The van der Waals surface area contributed by atoms with E-state index >= 15 is 0 Å². The van der Waals surface area contributed by atoms with Gasteiger partial charge in [0.2, 0.25) is 5.78 Å². The number of aryl methyl sites for hydroxylation is 3. The van der Waals surface area contributed by atoms with Crippen LogP contribution in [0.25, 0.3) is 33.3 Å². The zero-order valence-corrected chi connectivity index (χ0v) is 20.8. The van der Waals surface area contributed by atoms with E-state index in [9.17, 15) is 9.59 Å². The number of thioether (sulfide) groups is 1. The molecule has 6 rings (SSSR count). The van der Waals surface area contributed by atoms with Gasteiger partial charge < -0.3 is 4.98 Å². The van der Waals surface area contributed by atoms with Crippen molar-refractivity contribution < 1.29 is 0 Å². The van der Waals surface area contributed by atoms with Gasteiger partial charge in [0.15, 0.2) is 5.16 Å². The maximum Gasteiger partial charge on any atom is 0.267 e. The maximum atomic E-state index is 13.6. The largest absolute Gasteiger partial charge is 0.309 e. The van der Waals surface area contributed by atoms with Gasteiger partial charge in [-0.05, 0) is 61.7 Å². The molecule has 0 fully saturated rings. The number of hydrogen-bond acceptors (Lipinski definition) is 6. The van der Waals surface area contributed by atoms with Gasteiger partial charge in [-0.3, -0.25) is 14.0 Å². The number of nitrogens with zero attached hydrogens (tertiary/aromatic N) is 5. The molecule has 178 valence electrons. The van der Waals surface area contributed by atoms with Crippen LogP contribution in [0.4, 0.5) is 0 Å². The second-order valence-electron chi connectivity index (χ2n) is 8.84. The van der Waals surface area contributed by atoms with E-state index in [0.29, 0.717) is 38.8 Å². The highest BCUT2D eigenvalue weighted by molar-refractivity contribution is 7.98. The van der Waals surface area contributed by atoms with Gasteiger partial charge in [-0.15, -0.1) is 10.2 Å². The summed E-state index contributed by atoms with van der Waals surface area (Å²) in [6, 6.07) is 19.0. The minimum atomic E-state index is -0.167. The van der Waals surface area contributed by atoms with E-state index in [4.69, 9.17) is 0 Å². The van der Waals surface area contributed by atoms with Gasteiger partial charge in [-0.25, -0.2) is 9.55 Å². The molecule has 6 aromatic rings. The number of para-hydroxylation sites is 2. The van der Waals surface area contributed by atoms with Crippen molar-refractivity contribution in [1.29, 1.82) is 0 Å². The zero-order valence-electron chi connectivity index (χ0n) is 19.9. The highest BCUT2D eigenvalue weighted by Gasteiger charge is 2.19. The van der Waals surface area contributed by atoms with Gasteiger partial charge in [-0.2, -0.15) is 0 Å². The summed E-state index contributed by atoms with van der Waals surface area (Å²) in [5, 5.41) is 10.6. The maximum absolute atomic E-state index is 13.6. The quantitative estimate of drug-likeness (QED) is 0.363. The fraction of sp³-hybridized carbons (Fsp3) is 0.148. The molecule has 3 aromatic heterocycles. The predicted molar refractivity (Wildman–Crippen MR) is 142 cm³/mol. The molecule has 0 aliphatic heterocycles. The van der Waals surface area contributed by atoms with Crippen LogP contribution in [0.2, 0.25) is 0 Å². The predicted octanol–water partition coefficient (Wildman–Crippen LogP) is 4.49. The molecule has 0 aliphatic carbocycles. The first kappa shape index (κ1) is 22.2. The Balaban J connectivity index is 1.52. The second-order valence-corrected chi connectivity index (χ2v) is 9.78. The number of aromatic amines is 1. The smallest absolute Gasteiger partial charge is 0.267 e. The van der Waals surface area contributed by atoms with Gasteiger partial charge in [0.05, 0.1) is 33.2 Å². The molecular formula is C27H22N6O2S. The van der Waals surface area contributed by atoms with Crippen molar-refractivity contribution in [3.8, 4) is 5.69 Å². The Labute approximate surface area is 209 Å². The fourth-order valence-corrected chi connectivity index (χ4v) is 5.31. The first-order valence-electron chi connectivity index (χ1n) is 11.5. The summed E-state index contributed by atoms with van der Waals surface area (Å²) in [5.41, 5.74) is 4.83. The van der Waals surface area contributed by atoms with Crippen molar-refractivity contribution in [2.24, 2.45) is 0 Å². The van der Waals surface area contributed by atoms with Crippen LogP contribution in [-0.4, -0.2) is 29.1 Å². The van der Waals surface area contributed by atoms with Gasteiger partial charge in [0, 0.05) is 0 Å². The molecule has 0 aliphatic rings. The molecule has 0 unspecified atom stereocenters. The number of H-pyrrole nitrogens is 1. The third kappa shape index (κ3) is 3.51. The molecule has 0 saturated heterocycles. The highest BCUT2D eigenvalue weighted by Crippen LogP contribution is 2.26. The topological polar surface area (TPSA) is 97.9 Å². The average Bonchev–Trinajstić information content (AvgIpc) is 3.29. The molecular weight excluding hydrogens is 472 g/mol. The van der Waals surface area contributed by atoms with Crippen LogP contribution >= 0.6 is 11.8 Å². The molecule has 0 atom stereocenters. The lowest BCUT2D eigenvalue weighted by atomic mass is 10.1. The van der Waals surface area contributed by atoms with E-state index in [-0.39, 0.29) is 11.1 Å². The summed E-state index contributed by atoms with van der Waals surface area (Å²) in [4.78, 5) is 33.8. The molecule has 36 heavy (non-hydrogen) atoms. The third-order valence-corrected chi connectivity index (χ3v) is 7.27. The lowest BCUT2D eigenvalue weighted by Crippen LogP contribution is -2.22. The Bertz CT molecular complexity index is 1940. The van der Waals surface area contributed by atoms with Crippen LogP contribution in [0, 0.1) is 20.8 Å². The summed E-state index contributed by atoms with van der Waals surface area (Å²) in [7, 11) is 0. The number of hydrogen-bond donors (Lipinski definition) is 1. The normalized spacial score (nSPS) is 11.6. The standard InChI is InChI=1S/C27H22N6O2S/c1-15-11-12-16(2)21(13-15)32-25(35)18-8-4-5-10-20(18)33-26(32)30-31-27(33)36-14-22-28-23-17(3)7-6-9-19(23)24(34)29-22/h4-13H,14H2,1-3H3,(H,28,29,34). The number of fused-ring (bicyclic) bond motifs is 4. The van der Waals surface area contributed by atoms with Gasteiger partial charge in [0.25, 0.3) is 11.1 Å². The van der Waals surface area contributed by atoms with E-state index < -0.39 is 0 Å². The molecule has 0 bridgehead atoms. The summed E-state index contributed by atoms with van der Waals surface area (Å²) >= 11 is 1.41. The van der Waals surface area contributed by atoms with Gasteiger partial charge in [0.1, 0.15) is 5.82 Å². The summed E-state index contributed by atoms with van der Waals surface area (Å²) < 4.78 is 3.52. The zero-order chi connectivity index (χ0) is 25.0. The Kier molecular flexibility index (Phi) is 5.22. The lowest BCUT2D eigenvalue weighted by molar-refractivity contribution is 0.924. The lowest BCUT2D eigenvalue weighted by Gasteiger charge is -2.14. The first-order chi connectivity index (χ1) is 17.4. The molecule has 0 saturated carbocycles. The van der Waals surface area contributed by atoms with Crippen molar-refractivity contribution in [1.82, 2.24) is 29.1 Å². The van der Waals surface area contributed by atoms with Crippen molar-refractivity contribution in [3.05, 3.63) is 104 Å². The number of rotatable bonds is 4. The van der Waals surface area contributed by atoms with Crippen LogP contribution in [0.15, 0.2) is 75.4 Å². The summed E-state index contributed by atoms with van der Waals surface area (Å²) in [5.74, 6) is 1.37. The molecule has 1 N–H and O–H groups in total. The van der Waals surface area contributed by atoms with Crippen LogP contribution in [0.5, 0.6) is 0 Å². The molecule has 3 heterocycles. The first-order valence-corrected chi connectivity index (χ1v) is 12.5. The van der Waals surface area contributed by atoms with Crippen molar-refractivity contribution in [2.75, 3.05) is 0 Å². The summed E-state index contributed by atoms with van der Waals surface area (Å²) in [6.45, 7) is 5.91. The molecule has 3 aromatic carbocycles. The van der Waals surface area contributed by atoms with E-state index in [1.165, 1.54) is 11.8 Å². The van der Waals surface area contributed by atoms with Crippen molar-refractivity contribution >= 4 is 39.3 Å². The van der Waals surface area contributed by atoms with Gasteiger partial charge in [-0.1, -0.05) is 48.2 Å². The van der Waals surface area contributed by atoms with Crippen LogP contribution in [0.3, 0.4) is 0 Å². The number of aromatic nitrogens is 6. The van der Waals surface area contributed by atoms with E-state index in [0.717, 1.165) is 27.9 Å². The minimum absolute atomic E-state index is 0.147. The molecule has 9 heteroatoms. The SMILES string of the molecule is Cc1ccc(C)c(-n2c(=O)c3ccccc3n3c(SCc4nc5c(C)cccc5c(=O)[nH]4)nnc23)c1. The van der Waals surface area contributed by atoms with Crippen LogP contribution in [-0.2, 0) is 5.75 Å². The monoisotopic (exact) mass is 494 g/mol. The highest BCUT2D eigenvalue weighted by atomic mass is 32.2. The molecule has 8 nitrogen and oxygen atoms in total. The number of nitrogens with one attached hydrogen (secondary N) is 1. The van der Waals surface area contributed by atoms with E-state index in [2.05, 4.69) is 20.2 Å². The van der Waals surface area contributed by atoms with Crippen molar-refractivity contribution in [3.63, 3.8) is 0 Å². The summed E-state index contributed by atoms with van der Waals surface area (Å²) in [6.07, 6.45) is 0. The Morgan fingerprint density at radius 2 is 1.69 bits per heavy atom. The third-order valence-electron chi connectivity index (χ3n) is 6.33. The fourth-order valence-electron chi connectivity index (χ4n) is 4.50. The Morgan fingerprint density at radius 1 is 0.889 bits per heavy atom. The minimum Gasteiger partial charge on any atom is -0.309 e. The Morgan fingerprint density at radius 3 is 2.56 bits per heavy atom. The number of benzene rings is 3.